The second kappa shape index (κ2) is 12.6. The van der Waals surface area contributed by atoms with Crippen molar-refractivity contribution < 1.29 is 43.9 Å². The first-order valence-corrected chi connectivity index (χ1v) is 14.0. The predicted octanol–water partition coefficient (Wildman–Crippen LogP) is 9.25. The summed E-state index contributed by atoms with van der Waals surface area (Å²) in [4.78, 5) is 0. The summed E-state index contributed by atoms with van der Waals surface area (Å²) in [5.74, 6) is -1.63. The first-order chi connectivity index (χ1) is 24.8. The van der Waals surface area contributed by atoms with Crippen LogP contribution in [0.5, 0.6) is 0 Å². The van der Waals surface area contributed by atoms with E-state index >= 15 is 4.39 Å². The molecule has 0 atom stereocenters. The molecule has 0 N–H and O–H groups in total. The van der Waals surface area contributed by atoms with Crippen LogP contribution in [0, 0.1) is 85.1 Å². The molecule has 5 rings (SSSR count). The van der Waals surface area contributed by atoms with E-state index in [9.17, 15) is 76.3 Å². The largest absolute Gasteiger partial charge is 0.417 e. The third-order valence-electron chi connectivity index (χ3n) is 8.09. The fourth-order valence-corrected chi connectivity index (χ4v) is 6.02. The highest BCUT2D eigenvalue weighted by Gasteiger charge is 2.43. The van der Waals surface area contributed by atoms with E-state index in [0.717, 1.165) is 12.1 Å². The van der Waals surface area contributed by atoms with Gasteiger partial charge in [0.05, 0.1) is 39.5 Å². The fraction of sp³-hybridized carbons (Fsp3) is 0.0833. The molecule has 0 bridgehead atoms. The minimum absolute atomic E-state index is 0.169. The van der Waals surface area contributed by atoms with Crippen LogP contribution >= 0.6 is 0 Å². The summed E-state index contributed by atoms with van der Waals surface area (Å²) in [6, 6.07) is 13.0. The summed E-state index contributed by atoms with van der Waals surface area (Å²) in [7, 11) is 0. The lowest BCUT2D eigenvalue weighted by Gasteiger charge is -2.16. The fourth-order valence-electron chi connectivity index (χ4n) is 6.02. The van der Waals surface area contributed by atoms with E-state index in [2.05, 4.69) is 0 Å². The Morgan fingerprint density at radius 2 is 1.00 bits per heavy atom. The number of rotatable bonds is 2. The quantitative estimate of drug-likeness (QED) is 0.187. The Morgan fingerprint density at radius 1 is 0.491 bits per heavy atom. The maximum absolute atomic E-state index is 17.1. The highest BCUT2D eigenvalue weighted by atomic mass is 19.4. The highest BCUT2D eigenvalue weighted by molar-refractivity contribution is 6.30. The van der Waals surface area contributed by atoms with Crippen molar-refractivity contribution in [2.75, 3.05) is 0 Å². The van der Waals surface area contributed by atoms with E-state index in [1.807, 2.05) is 0 Å². The molecule has 17 heteroatoms. The van der Waals surface area contributed by atoms with Crippen LogP contribution in [0.2, 0.25) is 0 Å². The van der Waals surface area contributed by atoms with E-state index in [4.69, 9.17) is 0 Å². The molecule has 256 valence electrons. The third-order valence-corrected chi connectivity index (χ3v) is 8.09. The number of allylic oxidation sites excluding steroid dienone is 8. The predicted molar refractivity (Wildman–Crippen MR) is 160 cm³/mol. The van der Waals surface area contributed by atoms with Crippen molar-refractivity contribution in [1.29, 1.82) is 36.8 Å². The average Bonchev–Trinajstić information content (AvgIpc) is 3.61. The Labute approximate surface area is 290 Å². The molecule has 2 aliphatic rings. The van der Waals surface area contributed by atoms with Crippen molar-refractivity contribution in [2.45, 2.75) is 18.5 Å². The van der Waals surface area contributed by atoms with Crippen LogP contribution in [0.15, 0.2) is 53.6 Å². The topological polar surface area (TPSA) is 167 Å². The molecule has 0 saturated heterocycles. The summed E-state index contributed by atoms with van der Waals surface area (Å²) < 4.78 is 142. The van der Waals surface area contributed by atoms with Gasteiger partial charge in [-0.2, -0.15) is 76.3 Å². The van der Waals surface area contributed by atoms with Gasteiger partial charge in [-0.15, -0.1) is 0 Å². The SMILES string of the molecule is N#CC(C#N)=C1C(c2cc(C(F)(F)F)cc(C(F)(F)F)c2)=C(C#N)c2c1cc1c(c2F)C(=C(C#N)C#N)C(c2ccc(C#N)c(C(F)(F)F)c2)=C1C#N. The van der Waals surface area contributed by atoms with Crippen LogP contribution in [0.1, 0.15) is 55.6 Å². The zero-order valence-corrected chi connectivity index (χ0v) is 25.5. The molecule has 0 aromatic heterocycles. The van der Waals surface area contributed by atoms with E-state index in [0.29, 0.717) is 12.1 Å². The third kappa shape index (κ3) is 5.78. The molecule has 0 saturated carbocycles. The number of benzene rings is 3. The van der Waals surface area contributed by atoms with Crippen molar-refractivity contribution in [3.8, 4) is 42.5 Å². The monoisotopic (exact) mass is 727 g/mol. The van der Waals surface area contributed by atoms with Crippen LogP contribution in [0.3, 0.4) is 0 Å². The van der Waals surface area contributed by atoms with Gasteiger partial charge in [-0.05, 0) is 53.1 Å². The van der Waals surface area contributed by atoms with Crippen molar-refractivity contribution in [3.05, 3.63) is 115 Å². The maximum Gasteiger partial charge on any atom is 0.417 e. The van der Waals surface area contributed by atoms with E-state index in [1.54, 1.807) is 6.07 Å². The first kappa shape index (κ1) is 36.6. The summed E-state index contributed by atoms with van der Waals surface area (Å²) in [5.41, 5.74) is -17.7. The number of hydrogen-bond acceptors (Lipinski definition) is 7. The van der Waals surface area contributed by atoms with Crippen LogP contribution in [-0.2, 0) is 18.5 Å². The highest BCUT2D eigenvalue weighted by Crippen LogP contribution is 2.56. The molecular weight excluding hydrogens is 720 g/mol. The van der Waals surface area contributed by atoms with Gasteiger partial charge in [0.2, 0.25) is 0 Å². The van der Waals surface area contributed by atoms with Gasteiger partial charge in [-0.1, -0.05) is 6.07 Å². The van der Waals surface area contributed by atoms with Gasteiger partial charge in [0.25, 0.3) is 0 Å². The Morgan fingerprint density at radius 3 is 1.45 bits per heavy atom. The molecule has 0 spiro atoms. The minimum atomic E-state index is -5.41. The molecule has 53 heavy (non-hydrogen) atoms. The normalized spacial score (nSPS) is 13.5. The molecule has 3 aromatic rings. The number of hydrogen-bond donors (Lipinski definition) is 0. The molecule has 0 unspecified atom stereocenters. The molecule has 0 fully saturated rings. The smallest absolute Gasteiger partial charge is 0.206 e. The molecule has 0 aliphatic heterocycles. The number of nitrogens with zero attached hydrogens (tertiary/aromatic N) is 7. The van der Waals surface area contributed by atoms with Crippen LogP contribution in [0.25, 0.3) is 33.4 Å². The molecule has 0 heterocycles. The lowest BCUT2D eigenvalue weighted by Crippen LogP contribution is -2.12. The van der Waals surface area contributed by atoms with E-state index in [-0.39, 0.29) is 18.2 Å². The van der Waals surface area contributed by atoms with E-state index < -0.39 is 125 Å². The molecule has 0 amide bonds. The van der Waals surface area contributed by atoms with Crippen molar-refractivity contribution in [2.24, 2.45) is 0 Å². The standard InChI is InChI=1S/C36H7F10N7/c37-33-31-23(29(18(9-48)10-49)28(25(31)14-53)17-3-20(34(38,39)40)6-21(4-17)35(41,42)43)7-22-24(13-52)27(30(32(22)33)19(11-50)12-51)15-1-2-16(8-47)26(5-15)36(44,45)46/h1-7H. The summed E-state index contributed by atoms with van der Waals surface area (Å²) >= 11 is 0. The Bertz CT molecular complexity index is 2590. The number of nitriles is 7. The van der Waals surface area contributed by atoms with Gasteiger partial charge in [0.1, 0.15) is 53.4 Å². The van der Waals surface area contributed by atoms with Gasteiger partial charge in [0, 0.05) is 39.0 Å². The van der Waals surface area contributed by atoms with Crippen molar-refractivity contribution in [1.82, 2.24) is 0 Å². The van der Waals surface area contributed by atoms with Gasteiger partial charge < -0.3 is 0 Å². The Kier molecular flexibility index (Phi) is 8.70. The Balaban J connectivity index is 1.99. The first-order valence-electron chi connectivity index (χ1n) is 14.0. The number of alkyl halides is 9. The average molecular weight is 727 g/mol. The van der Waals surface area contributed by atoms with Crippen LogP contribution < -0.4 is 0 Å². The second-order valence-corrected chi connectivity index (χ2v) is 10.9. The summed E-state index contributed by atoms with van der Waals surface area (Å²) in [6.45, 7) is 0. The molecule has 2 aliphatic carbocycles. The van der Waals surface area contributed by atoms with Crippen molar-refractivity contribution >= 4 is 33.4 Å². The molecule has 3 aromatic carbocycles. The van der Waals surface area contributed by atoms with Crippen LogP contribution in [-0.4, -0.2) is 0 Å². The van der Waals surface area contributed by atoms with Crippen LogP contribution in [0.4, 0.5) is 43.9 Å². The van der Waals surface area contributed by atoms with Gasteiger partial charge in [-0.3, -0.25) is 0 Å². The number of fused-ring (bicyclic) bond motifs is 2. The minimum Gasteiger partial charge on any atom is -0.206 e. The zero-order valence-electron chi connectivity index (χ0n) is 25.5. The van der Waals surface area contributed by atoms with Gasteiger partial charge in [-0.25, -0.2) is 4.39 Å². The molecular formula is C36H7F10N7. The zero-order chi connectivity index (χ0) is 39.4. The van der Waals surface area contributed by atoms with Gasteiger partial charge >= 0.3 is 18.5 Å². The van der Waals surface area contributed by atoms with Crippen molar-refractivity contribution in [3.63, 3.8) is 0 Å². The molecule has 0 radical (unpaired) electrons. The lowest BCUT2D eigenvalue weighted by molar-refractivity contribution is -0.143. The lowest BCUT2D eigenvalue weighted by atomic mass is 9.88. The molecule has 7 nitrogen and oxygen atoms in total. The summed E-state index contributed by atoms with van der Waals surface area (Å²) in [5, 5.41) is 69.1. The van der Waals surface area contributed by atoms with Gasteiger partial charge in [0.15, 0.2) is 0 Å². The summed E-state index contributed by atoms with van der Waals surface area (Å²) in [6.07, 6.45) is -16.0. The Hall–Kier alpha value is -7.65. The maximum atomic E-state index is 17.1. The van der Waals surface area contributed by atoms with E-state index in [1.165, 1.54) is 36.4 Å². The number of halogens is 10. The second-order valence-electron chi connectivity index (χ2n) is 10.9.